The summed E-state index contributed by atoms with van der Waals surface area (Å²) >= 11 is 3.16. The number of hydrogen-bond acceptors (Lipinski definition) is 2. The van der Waals surface area contributed by atoms with Gasteiger partial charge in [0.2, 0.25) is 0 Å². The highest BCUT2D eigenvalue weighted by atomic mass is 79.9. The molecule has 15 heavy (non-hydrogen) atoms. The molecule has 0 bridgehead atoms. The van der Waals surface area contributed by atoms with Gasteiger partial charge in [0.1, 0.15) is 5.82 Å². The Kier molecular flexibility index (Phi) is 2.64. The van der Waals surface area contributed by atoms with Crippen molar-refractivity contribution in [2.24, 2.45) is 0 Å². The van der Waals surface area contributed by atoms with E-state index in [4.69, 9.17) is 0 Å². The third kappa shape index (κ3) is 2.12. The maximum atomic E-state index is 13.5. The maximum Gasteiger partial charge on any atom is 0.264 e. The quantitative estimate of drug-likeness (QED) is 0.863. The molecule has 0 radical (unpaired) electrons. The largest absolute Gasteiger partial charge is 0.268 e. The molecule has 0 aliphatic rings. The molecule has 2 aromatic rings. The summed E-state index contributed by atoms with van der Waals surface area (Å²) in [5.74, 6) is -0.385. The van der Waals surface area contributed by atoms with E-state index in [9.17, 15) is 9.18 Å². The molecule has 0 fully saturated rings. The lowest BCUT2D eigenvalue weighted by Gasteiger charge is -2.01. The number of H-pyrrole nitrogens is 1. The minimum absolute atomic E-state index is 0.309. The van der Waals surface area contributed by atoms with Crippen molar-refractivity contribution < 1.29 is 4.39 Å². The Bertz CT molecular complexity index is 533. The summed E-state index contributed by atoms with van der Waals surface area (Å²) < 4.78 is 14.1. The molecule has 0 spiro atoms. The highest BCUT2D eigenvalue weighted by molar-refractivity contribution is 9.10. The fourth-order valence-electron chi connectivity index (χ4n) is 1.19. The van der Waals surface area contributed by atoms with Crippen molar-refractivity contribution in [1.29, 1.82) is 0 Å². The van der Waals surface area contributed by atoms with Gasteiger partial charge >= 0.3 is 0 Å². The van der Waals surface area contributed by atoms with E-state index >= 15 is 0 Å². The minimum atomic E-state index is -0.385. The number of nitrogens with zero attached hydrogens (tertiary/aromatic N) is 1. The van der Waals surface area contributed by atoms with Crippen LogP contribution in [0.25, 0.3) is 11.3 Å². The molecule has 76 valence electrons. The zero-order chi connectivity index (χ0) is 10.8. The molecule has 0 atom stereocenters. The van der Waals surface area contributed by atoms with Crippen molar-refractivity contribution in [3.8, 4) is 11.3 Å². The molecule has 0 aliphatic heterocycles. The summed E-state index contributed by atoms with van der Waals surface area (Å²) in [6, 6.07) is 7.45. The van der Waals surface area contributed by atoms with Gasteiger partial charge < -0.3 is 0 Å². The Hall–Kier alpha value is -1.49. The topological polar surface area (TPSA) is 45.8 Å². The molecule has 1 heterocycles. The normalized spacial score (nSPS) is 10.3. The van der Waals surface area contributed by atoms with Gasteiger partial charge in [0.15, 0.2) is 0 Å². The van der Waals surface area contributed by atoms with Gasteiger partial charge in [-0.25, -0.2) is 9.49 Å². The zero-order valence-corrected chi connectivity index (χ0v) is 9.08. The van der Waals surface area contributed by atoms with Gasteiger partial charge in [0, 0.05) is 16.1 Å². The van der Waals surface area contributed by atoms with Gasteiger partial charge in [-0.3, -0.25) is 4.79 Å². The van der Waals surface area contributed by atoms with Crippen molar-refractivity contribution in [3.63, 3.8) is 0 Å². The summed E-state index contributed by atoms with van der Waals surface area (Å²) in [5.41, 5.74) is 0.449. The van der Waals surface area contributed by atoms with Crippen molar-refractivity contribution in [3.05, 3.63) is 51.0 Å². The number of aromatic nitrogens is 2. The van der Waals surface area contributed by atoms with E-state index in [-0.39, 0.29) is 11.4 Å². The van der Waals surface area contributed by atoms with Crippen molar-refractivity contribution in [2.75, 3.05) is 0 Å². The Morgan fingerprint density at radius 3 is 2.67 bits per heavy atom. The molecule has 0 saturated heterocycles. The SMILES string of the molecule is O=c1ccc(-c2ccc(Br)cc2F)n[nH]1. The summed E-state index contributed by atoms with van der Waals surface area (Å²) in [5, 5.41) is 6.00. The van der Waals surface area contributed by atoms with E-state index in [2.05, 4.69) is 26.1 Å². The van der Waals surface area contributed by atoms with Gasteiger partial charge in [-0.15, -0.1) is 0 Å². The fraction of sp³-hybridized carbons (Fsp3) is 0. The van der Waals surface area contributed by atoms with E-state index in [0.717, 1.165) is 0 Å². The molecule has 0 aliphatic carbocycles. The van der Waals surface area contributed by atoms with Crippen LogP contribution in [0.2, 0.25) is 0 Å². The van der Waals surface area contributed by atoms with Gasteiger partial charge in [0.05, 0.1) is 5.69 Å². The lowest BCUT2D eigenvalue weighted by atomic mass is 10.1. The molecule has 0 amide bonds. The van der Waals surface area contributed by atoms with Crippen LogP contribution < -0.4 is 5.56 Å². The van der Waals surface area contributed by atoms with Crippen LogP contribution in [0.4, 0.5) is 4.39 Å². The first-order chi connectivity index (χ1) is 7.16. The second-order valence-electron chi connectivity index (χ2n) is 2.93. The highest BCUT2D eigenvalue weighted by Gasteiger charge is 2.06. The summed E-state index contributed by atoms with van der Waals surface area (Å²) in [4.78, 5) is 10.8. The molecular formula is C10H6BrFN2O. The zero-order valence-electron chi connectivity index (χ0n) is 7.50. The standard InChI is InChI=1S/C10H6BrFN2O/c11-6-1-2-7(8(12)5-6)9-3-4-10(15)14-13-9/h1-5H,(H,14,15). The Balaban J connectivity index is 2.54. The van der Waals surface area contributed by atoms with E-state index in [1.54, 1.807) is 12.1 Å². The van der Waals surface area contributed by atoms with Crippen molar-refractivity contribution in [2.45, 2.75) is 0 Å². The van der Waals surface area contributed by atoms with Crippen LogP contribution in [0, 0.1) is 5.82 Å². The van der Waals surface area contributed by atoms with Crippen LogP contribution in [-0.2, 0) is 0 Å². The molecule has 2 rings (SSSR count). The van der Waals surface area contributed by atoms with Crippen molar-refractivity contribution in [1.82, 2.24) is 10.2 Å². The smallest absolute Gasteiger partial charge is 0.264 e. The number of halogens is 2. The van der Waals surface area contributed by atoms with Crippen LogP contribution in [-0.4, -0.2) is 10.2 Å². The minimum Gasteiger partial charge on any atom is -0.268 e. The molecule has 0 saturated carbocycles. The Morgan fingerprint density at radius 1 is 1.27 bits per heavy atom. The number of hydrogen-bond donors (Lipinski definition) is 1. The molecule has 5 heteroatoms. The van der Waals surface area contributed by atoms with Gasteiger partial charge in [-0.2, -0.15) is 5.10 Å². The molecule has 1 N–H and O–H groups in total. The molecular weight excluding hydrogens is 263 g/mol. The maximum absolute atomic E-state index is 13.5. The van der Waals surface area contributed by atoms with E-state index < -0.39 is 0 Å². The average molecular weight is 269 g/mol. The third-order valence-electron chi connectivity index (χ3n) is 1.89. The van der Waals surface area contributed by atoms with E-state index in [1.807, 2.05) is 0 Å². The van der Waals surface area contributed by atoms with Gasteiger partial charge in [-0.1, -0.05) is 15.9 Å². The summed E-state index contributed by atoms with van der Waals surface area (Å²) in [7, 11) is 0. The monoisotopic (exact) mass is 268 g/mol. The third-order valence-corrected chi connectivity index (χ3v) is 2.38. The van der Waals surface area contributed by atoms with Crippen LogP contribution in [0.1, 0.15) is 0 Å². The number of rotatable bonds is 1. The molecule has 0 unspecified atom stereocenters. The highest BCUT2D eigenvalue weighted by Crippen LogP contribution is 2.22. The number of aromatic amines is 1. The molecule has 1 aromatic heterocycles. The van der Waals surface area contributed by atoms with Crippen LogP contribution in [0.15, 0.2) is 39.6 Å². The first-order valence-electron chi connectivity index (χ1n) is 4.18. The fourth-order valence-corrected chi connectivity index (χ4v) is 1.52. The predicted octanol–water partition coefficient (Wildman–Crippen LogP) is 2.34. The Labute approximate surface area is 93.1 Å². The average Bonchev–Trinajstić information content (AvgIpc) is 2.20. The Morgan fingerprint density at radius 2 is 2.07 bits per heavy atom. The lowest BCUT2D eigenvalue weighted by Crippen LogP contribution is -2.05. The molecule has 1 aromatic carbocycles. The van der Waals surface area contributed by atoms with Crippen LogP contribution in [0.5, 0.6) is 0 Å². The first kappa shape index (κ1) is 10.0. The first-order valence-corrected chi connectivity index (χ1v) is 4.97. The summed E-state index contributed by atoms with van der Waals surface area (Å²) in [6.45, 7) is 0. The van der Waals surface area contributed by atoms with Gasteiger partial charge in [-0.05, 0) is 24.3 Å². The predicted molar refractivity (Wildman–Crippen MR) is 58.0 cm³/mol. The van der Waals surface area contributed by atoms with E-state index in [0.29, 0.717) is 15.7 Å². The van der Waals surface area contributed by atoms with Crippen LogP contribution >= 0.6 is 15.9 Å². The summed E-state index contributed by atoms with van der Waals surface area (Å²) in [6.07, 6.45) is 0. The number of nitrogens with one attached hydrogen (secondary N) is 1. The van der Waals surface area contributed by atoms with Crippen LogP contribution in [0.3, 0.4) is 0 Å². The second kappa shape index (κ2) is 3.94. The lowest BCUT2D eigenvalue weighted by molar-refractivity contribution is 0.629. The van der Waals surface area contributed by atoms with Gasteiger partial charge in [0.25, 0.3) is 5.56 Å². The van der Waals surface area contributed by atoms with E-state index in [1.165, 1.54) is 18.2 Å². The molecule has 3 nitrogen and oxygen atoms in total. The number of benzene rings is 1. The second-order valence-corrected chi connectivity index (χ2v) is 3.85. The van der Waals surface area contributed by atoms with Crippen molar-refractivity contribution >= 4 is 15.9 Å².